The van der Waals surface area contributed by atoms with Gasteiger partial charge in [0.05, 0.1) is 5.69 Å². The minimum atomic E-state index is 0.111. The molecule has 1 amide bonds. The molecule has 0 atom stereocenters. The number of carbonyl (C=O) groups excluding carboxylic acids is 1. The van der Waals surface area contributed by atoms with Gasteiger partial charge in [0, 0.05) is 31.0 Å². The van der Waals surface area contributed by atoms with Gasteiger partial charge in [-0.25, -0.2) is 4.98 Å². The highest BCUT2D eigenvalue weighted by molar-refractivity contribution is 5.95. The monoisotopic (exact) mass is 271 g/mol. The van der Waals surface area contributed by atoms with E-state index in [4.69, 9.17) is 0 Å². The highest BCUT2D eigenvalue weighted by atomic mass is 16.2. The van der Waals surface area contributed by atoms with Gasteiger partial charge in [-0.3, -0.25) is 4.79 Å². The second-order valence-electron chi connectivity index (χ2n) is 5.77. The number of rotatable bonds is 2. The molecule has 0 aromatic carbocycles. The van der Waals surface area contributed by atoms with Crippen LogP contribution in [-0.4, -0.2) is 33.3 Å². The zero-order chi connectivity index (χ0) is 14.1. The van der Waals surface area contributed by atoms with Gasteiger partial charge in [0.1, 0.15) is 5.65 Å². The molecule has 2 aromatic rings. The highest BCUT2D eigenvalue weighted by Crippen LogP contribution is 2.23. The zero-order valence-corrected chi connectivity index (χ0v) is 12.2. The number of hydrogen-bond acceptors (Lipinski definition) is 2. The molecule has 0 saturated heterocycles. The van der Waals surface area contributed by atoms with Crippen LogP contribution in [0.15, 0.2) is 24.5 Å². The van der Waals surface area contributed by atoms with Crippen LogP contribution in [0, 0.1) is 6.92 Å². The average Bonchev–Trinajstić information content (AvgIpc) is 2.85. The van der Waals surface area contributed by atoms with Gasteiger partial charge in [-0.2, -0.15) is 0 Å². The highest BCUT2D eigenvalue weighted by Gasteiger charge is 2.23. The Kier molecular flexibility index (Phi) is 3.47. The molecule has 0 radical (unpaired) electrons. The van der Waals surface area contributed by atoms with Crippen LogP contribution < -0.4 is 0 Å². The molecule has 2 aromatic heterocycles. The molecule has 0 spiro atoms. The van der Waals surface area contributed by atoms with Crippen molar-refractivity contribution in [3.8, 4) is 0 Å². The first kappa shape index (κ1) is 13.2. The first-order valence-corrected chi connectivity index (χ1v) is 7.37. The third kappa shape index (κ3) is 2.42. The normalized spacial score (nSPS) is 16.5. The lowest BCUT2D eigenvalue weighted by molar-refractivity contribution is 0.0696. The maximum absolute atomic E-state index is 12.6. The van der Waals surface area contributed by atoms with Crippen molar-refractivity contribution in [2.24, 2.45) is 0 Å². The number of pyridine rings is 1. The van der Waals surface area contributed by atoms with E-state index in [1.807, 2.05) is 47.8 Å². The summed E-state index contributed by atoms with van der Waals surface area (Å²) in [6.07, 6.45) is 9.92. The molecular weight excluding hydrogens is 250 g/mol. The van der Waals surface area contributed by atoms with E-state index in [0.29, 0.717) is 6.04 Å². The summed E-state index contributed by atoms with van der Waals surface area (Å²) < 4.78 is 1.95. The first-order chi connectivity index (χ1) is 9.65. The smallest absolute Gasteiger partial charge is 0.254 e. The molecular formula is C16H21N3O. The second kappa shape index (κ2) is 5.27. The molecule has 1 fully saturated rings. The van der Waals surface area contributed by atoms with Crippen LogP contribution in [-0.2, 0) is 0 Å². The summed E-state index contributed by atoms with van der Waals surface area (Å²) in [4.78, 5) is 18.9. The van der Waals surface area contributed by atoms with Crippen LogP contribution in [0.25, 0.3) is 5.65 Å². The van der Waals surface area contributed by atoms with E-state index in [1.165, 1.54) is 19.3 Å². The van der Waals surface area contributed by atoms with Crippen LogP contribution in [0.3, 0.4) is 0 Å². The fraction of sp³-hybridized carbons (Fsp3) is 0.500. The van der Waals surface area contributed by atoms with E-state index in [0.717, 1.165) is 29.7 Å². The lowest BCUT2D eigenvalue weighted by Gasteiger charge is -2.31. The summed E-state index contributed by atoms with van der Waals surface area (Å²) in [5, 5.41) is 0. The summed E-state index contributed by atoms with van der Waals surface area (Å²) >= 11 is 0. The zero-order valence-electron chi connectivity index (χ0n) is 12.2. The number of hydrogen-bond donors (Lipinski definition) is 0. The van der Waals surface area contributed by atoms with Gasteiger partial charge in [-0.1, -0.05) is 19.3 Å². The molecule has 1 aliphatic rings. The molecule has 1 saturated carbocycles. The molecule has 4 nitrogen and oxygen atoms in total. The van der Waals surface area contributed by atoms with Crippen molar-refractivity contribution in [1.82, 2.24) is 14.3 Å². The van der Waals surface area contributed by atoms with Gasteiger partial charge in [0.25, 0.3) is 5.91 Å². The SMILES string of the molecule is Cc1cn2ccc(C(=O)N(C)C3CCCCC3)cc2n1. The van der Waals surface area contributed by atoms with Gasteiger partial charge >= 0.3 is 0 Å². The van der Waals surface area contributed by atoms with Crippen molar-refractivity contribution < 1.29 is 4.79 Å². The molecule has 0 N–H and O–H groups in total. The maximum atomic E-state index is 12.6. The number of amides is 1. The Labute approximate surface area is 119 Å². The topological polar surface area (TPSA) is 37.6 Å². The average molecular weight is 271 g/mol. The van der Waals surface area contributed by atoms with Gasteiger partial charge in [-0.05, 0) is 31.9 Å². The lowest BCUT2D eigenvalue weighted by atomic mass is 9.94. The lowest BCUT2D eigenvalue weighted by Crippen LogP contribution is -2.38. The molecule has 1 aliphatic carbocycles. The van der Waals surface area contributed by atoms with Crippen LogP contribution in [0.5, 0.6) is 0 Å². The molecule has 4 heteroatoms. The van der Waals surface area contributed by atoms with Crippen LogP contribution in [0.4, 0.5) is 0 Å². The fourth-order valence-corrected chi connectivity index (χ4v) is 3.08. The van der Waals surface area contributed by atoms with Gasteiger partial charge in [0.15, 0.2) is 0 Å². The number of fused-ring (bicyclic) bond motifs is 1. The molecule has 106 valence electrons. The number of aryl methyl sites for hydroxylation is 1. The van der Waals surface area contributed by atoms with E-state index < -0.39 is 0 Å². The molecule has 0 unspecified atom stereocenters. The second-order valence-corrected chi connectivity index (χ2v) is 5.77. The van der Waals surface area contributed by atoms with Crippen LogP contribution >= 0.6 is 0 Å². The van der Waals surface area contributed by atoms with E-state index in [-0.39, 0.29) is 5.91 Å². The van der Waals surface area contributed by atoms with E-state index in [1.54, 1.807) is 0 Å². The quantitative estimate of drug-likeness (QED) is 0.842. The molecule has 0 aliphatic heterocycles. The Morgan fingerprint density at radius 3 is 2.85 bits per heavy atom. The Bertz CT molecular complexity index is 626. The summed E-state index contributed by atoms with van der Waals surface area (Å²) in [6, 6.07) is 4.17. The standard InChI is InChI=1S/C16H21N3O/c1-12-11-19-9-8-13(10-15(19)17-12)16(20)18(2)14-6-4-3-5-7-14/h8-11,14H,3-7H2,1-2H3. The fourth-order valence-electron chi connectivity index (χ4n) is 3.08. The van der Waals surface area contributed by atoms with E-state index in [9.17, 15) is 4.79 Å². The van der Waals surface area contributed by atoms with Crippen molar-refractivity contribution in [2.45, 2.75) is 45.1 Å². The van der Waals surface area contributed by atoms with Gasteiger partial charge < -0.3 is 9.30 Å². The van der Waals surface area contributed by atoms with E-state index in [2.05, 4.69) is 4.98 Å². The number of carbonyl (C=O) groups is 1. The summed E-state index contributed by atoms with van der Waals surface area (Å²) in [6.45, 7) is 1.96. The van der Waals surface area contributed by atoms with Crippen LogP contribution in [0.2, 0.25) is 0 Å². The Balaban J connectivity index is 1.83. The molecule has 2 heterocycles. The maximum Gasteiger partial charge on any atom is 0.254 e. The third-order valence-corrected chi connectivity index (χ3v) is 4.27. The Morgan fingerprint density at radius 2 is 2.10 bits per heavy atom. The third-order valence-electron chi connectivity index (χ3n) is 4.27. The summed E-state index contributed by atoms with van der Waals surface area (Å²) in [5.41, 5.74) is 2.54. The Morgan fingerprint density at radius 1 is 1.35 bits per heavy atom. The summed E-state index contributed by atoms with van der Waals surface area (Å²) in [7, 11) is 1.93. The molecule has 3 rings (SSSR count). The van der Waals surface area contributed by atoms with Crippen molar-refractivity contribution >= 4 is 11.6 Å². The largest absolute Gasteiger partial charge is 0.339 e. The van der Waals surface area contributed by atoms with Crippen molar-refractivity contribution in [3.05, 3.63) is 35.8 Å². The number of aromatic nitrogens is 2. The number of nitrogens with zero attached hydrogens (tertiary/aromatic N) is 3. The van der Waals surface area contributed by atoms with Gasteiger partial charge in [-0.15, -0.1) is 0 Å². The number of imidazole rings is 1. The van der Waals surface area contributed by atoms with Crippen molar-refractivity contribution in [3.63, 3.8) is 0 Å². The predicted octanol–water partition coefficient (Wildman–Crippen LogP) is 3.05. The van der Waals surface area contributed by atoms with Crippen molar-refractivity contribution in [2.75, 3.05) is 7.05 Å². The molecule has 0 bridgehead atoms. The first-order valence-electron chi connectivity index (χ1n) is 7.37. The van der Waals surface area contributed by atoms with E-state index >= 15 is 0 Å². The summed E-state index contributed by atoms with van der Waals surface area (Å²) in [5.74, 6) is 0.111. The minimum Gasteiger partial charge on any atom is -0.339 e. The minimum absolute atomic E-state index is 0.111. The van der Waals surface area contributed by atoms with Gasteiger partial charge in [0.2, 0.25) is 0 Å². The Hall–Kier alpha value is -1.84. The van der Waals surface area contributed by atoms with Crippen molar-refractivity contribution in [1.29, 1.82) is 0 Å². The molecule has 20 heavy (non-hydrogen) atoms. The predicted molar refractivity (Wildman–Crippen MR) is 78.9 cm³/mol. The van der Waals surface area contributed by atoms with Crippen LogP contribution in [0.1, 0.15) is 48.2 Å².